The molecule has 1 aliphatic rings. The minimum absolute atomic E-state index is 0.105. The molecule has 0 aliphatic carbocycles. The van der Waals surface area contributed by atoms with Gasteiger partial charge in [0.1, 0.15) is 11.3 Å². The second-order valence-electron chi connectivity index (χ2n) is 6.02. The summed E-state index contributed by atoms with van der Waals surface area (Å²) in [6.45, 7) is 2.92. The molecule has 0 bridgehead atoms. The van der Waals surface area contributed by atoms with Crippen LogP contribution in [0.15, 0.2) is 22.6 Å². The predicted molar refractivity (Wildman–Crippen MR) is 91.3 cm³/mol. The summed E-state index contributed by atoms with van der Waals surface area (Å²) >= 11 is 2.29. The summed E-state index contributed by atoms with van der Waals surface area (Å²) in [6.07, 6.45) is 1.35. The fraction of sp³-hybridized carbons (Fsp3) is 0.438. The van der Waals surface area contributed by atoms with E-state index in [-0.39, 0.29) is 5.91 Å². The smallest absolute Gasteiger partial charge is 0.224 e. The lowest BCUT2D eigenvalue weighted by molar-refractivity contribution is -0.130. The van der Waals surface area contributed by atoms with Crippen LogP contribution in [0, 0.1) is 3.57 Å². The number of carbonyl (C=O) groups is 1. The number of nitrogens with one attached hydrogen (secondary N) is 1. The van der Waals surface area contributed by atoms with Crippen molar-refractivity contribution in [3.05, 3.63) is 33.1 Å². The van der Waals surface area contributed by atoms with Gasteiger partial charge in [-0.25, -0.2) is 0 Å². The molecule has 2 heterocycles. The molecule has 0 saturated heterocycles. The Morgan fingerprint density at radius 3 is 2.95 bits per heavy atom. The topological polar surface area (TPSA) is 45.5 Å². The van der Waals surface area contributed by atoms with Crippen molar-refractivity contribution in [3.63, 3.8) is 0 Å². The molecule has 2 aromatic rings. The number of hydrogen-bond donors (Lipinski definition) is 1. The monoisotopic (exact) mass is 398 g/mol. The van der Waals surface area contributed by atoms with Gasteiger partial charge < -0.3 is 14.6 Å². The highest BCUT2D eigenvalue weighted by atomic mass is 127. The van der Waals surface area contributed by atoms with Gasteiger partial charge >= 0.3 is 0 Å². The minimum atomic E-state index is -0.431. The van der Waals surface area contributed by atoms with Gasteiger partial charge in [-0.3, -0.25) is 4.79 Å². The number of hydrogen-bond acceptors (Lipinski definition) is 3. The number of rotatable bonds is 2. The van der Waals surface area contributed by atoms with Crippen LogP contribution < -0.4 is 5.32 Å². The minimum Gasteiger partial charge on any atom is -0.459 e. The Hall–Kier alpha value is -1.08. The number of nitrogens with zero attached hydrogens (tertiary/aromatic N) is 1. The van der Waals surface area contributed by atoms with Crippen molar-refractivity contribution in [3.8, 4) is 0 Å². The molecule has 1 amide bonds. The molecule has 3 rings (SSSR count). The highest BCUT2D eigenvalue weighted by Gasteiger charge is 2.38. The summed E-state index contributed by atoms with van der Waals surface area (Å²) in [5.74, 6) is 1.02. The summed E-state index contributed by atoms with van der Waals surface area (Å²) in [7, 11) is 3.58. The first kappa shape index (κ1) is 14.8. The summed E-state index contributed by atoms with van der Waals surface area (Å²) in [5, 5.41) is 4.65. The Kier molecular flexibility index (Phi) is 3.73. The normalized spacial score (nSPS) is 21.3. The van der Waals surface area contributed by atoms with Crippen LogP contribution in [0.1, 0.15) is 24.7 Å². The van der Waals surface area contributed by atoms with Crippen molar-refractivity contribution in [2.24, 2.45) is 0 Å². The molecule has 0 radical (unpaired) electrons. The number of furan rings is 1. The van der Waals surface area contributed by atoms with Crippen LogP contribution in [-0.4, -0.2) is 31.4 Å². The highest BCUT2D eigenvalue weighted by molar-refractivity contribution is 14.1. The van der Waals surface area contributed by atoms with Crippen molar-refractivity contribution >= 4 is 39.5 Å². The molecular weight excluding hydrogens is 379 g/mol. The zero-order chi connectivity index (χ0) is 15.2. The van der Waals surface area contributed by atoms with Crippen LogP contribution in [-0.2, 0) is 16.8 Å². The quantitative estimate of drug-likeness (QED) is 0.792. The molecule has 1 aliphatic heterocycles. The Morgan fingerprint density at radius 2 is 2.24 bits per heavy atom. The van der Waals surface area contributed by atoms with Crippen LogP contribution in [0.25, 0.3) is 11.0 Å². The number of halogens is 1. The van der Waals surface area contributed by atoms with Gasteiger partial charge in [-0.05, 0) is 54.1 Å². The van der Waals surface area contributed by atoms with Crippen molar-refractivity contribution < 1.29 is 9.21 Å². The van der Waals surface area contributed by atoms with E-state index < -0.39 is 5.54 Å². The van der Waals surface area contributed by atoms with Gasteiger partial charge in [0, 0.05) is 35.2 Å². The lowest BCUT2D eigenvalue weighted by atomic mass is 9.86. The molecule has 1 aromatic heterocycles. The number of fused-ring (bicyclic) bond motifs is 3. The molecule has 4 nitrogen and oxygen atoms in total. The number of amides is 1. The second-order valence-corrected chi connectivity index (χ2v) is 7.27. The van der Waals surface area contributed by atoms with Crippen molar-refractivity contribution in [2.45, 2.75) is 25.3 Å². The molecular formula is C16H19IN2O2. The maximum absolute atomic E-state index is 12.1. The zero-order valence-corrected chi connectivity index (χ0v) is 14.7. The van der Waals surface area contributed by atoms with E-state index in [0.717, 1.165) is 27.9 Å². The van der Waals surface area contributed by atoms with Crippen LogP contribution in [0.5, 0.6) is 0 Å². The molecule has 5 heteroatoms. The zero-order valence-electron chi connectivity index (χ0n) is 12.5. The summed E-state index contributed by atoms with van der Waals surface area (Å²) < 4.78 is 7.29. The third-order valence-corrected chi connectivity index (χ3v) is 4.82. The summed E-state index contributed by atoms with van der Waals surface area (Å²) in [5.41, 5.74) is 1.73. The van der Waals surface area contributed by atoms with Gasteiger partial charge in [0.05, 0.1) is 12.0 Å². The van der Waals surface area contributed by atoms with Gasteiger partial charge in [-0.2, -0.15) is 0 Å². The Labute approximate surface area is 138 Å². The highest BCUT2D eigenvalue weighted by Crippen LogP contribution is 2.38. The van der Waals surface area contributed by atoms with E-state index in [1.165, 1.54) is 10.9 Å². The van der Waals surface area contributed by atoms with E-state index in [9.17, 15) is 4.79 Å². The Bertz CT molecular complexity index is 708. The molecule has 1 N–H and O–H groups in total. The molecule has 0 fully saturated rings. The molecule has 0 saturated carbocycles. The Balaban J connectivity index is 2.09. The van der Waals surface area contributed by atoms with Crippen LogP contribution in [0.4, 0.5) is 0 Å². The molecule has 1 unspecified atom stereocenters. The largest absolute Gasteiger partial charge is 0.459 e. The van der Waals surface area contributed by atoms with E-state index in [0.29, 0.717) is 6.42 Å². The molecule has 112 valence electrons. The van der Waals surface area contributed by atoms with E-state index >= 15 is 0 Å². The average Bonchev–Trinajstić information content (AvgIpc) is 2.78. The third-order valence-electron chi connectivity index (χ3n) is 4.15. The molecule has 0 spiro atoms. The van der Waals surface area contributed by atoms with Gasteiger partial charge in [0.2, 0.25) is 5.91 Å². The SMILES string of the molecule is CN(C)C(=O)CC1(C)NCCc2c1oc1cc(I)ccc21. The third kappa shape index (κ3) is 2.57. The lowest BCUT2D eigenvalue weighted by Gasteiger charge is -2.34. The van der Waals surface area contributed by atoms with E-state index in [1.807, 2.05) is 0 Å². The first-order chi connectivity index (χ1) is 9.90. The molecule has 21 heavy (non-hydrogen) atoms. The fourth-order valence-electron chi connectivity index (χ4n) is 2.96. The van der Waals surface area contributed by atoms with E-state index in [2.05, 4.69) is 53.0 Å². The molecule has 1 atom stereocenters. The summed E-state index contributed by atoms with van der Waals surface area (Å²) in [4.78, 5) is 13.8. The van der Waals surface area contributed by atoms with Gasteiger partial charge in [-0.15, -0.1) is 0 Å². The van der Waals surface area contributed by atoms with Crippen molar-refractivity contribution in [2.75, 3.05) is 20.6 Å². The predicted octanol–water partition coefficient (Wildman–Crippen LogP) is 2.88. The number of benzene rings is 1. The fourth-order valence-corrected chi connectivity index (χ4v) is 3.43. The first-order valence-corrected chi connectivity index (χ1v) is 8.15. The Morgan fingerprint density at radius 1 is 1.48 bits per heavy atom. The standard InChI is InChI=1S/C16H19IN2O2/c1-16(9-14(20)19(2)3)15-12(6-7-18-16)11-5-4-10(17)8-13(11)21-15/h4-5,8,18H,6-7,9H2,1-3H3. The van der Waals surface area contributed by atoms with Crippen LogP contribution >= 0.6 is 22.6 Å². The second kappa shape index (κ2) is 5.28. The first-order valence-electron chi connectivity index (χ1n) is 7.07. The summed E-state index contributed by atoms with van der Waals surface area (Å²) in [6, 6.07) is 6.28. The van der Waals surface area contributed by atoms with Gasteiger partial charge in [-0.1, -0.05) is 0 Å². The lowest BCUT2D eigenvalue weighted by Crippen LogP contribution is -2.47. The molecule has 1 aromatic carbocycles. The maximum Gasteiger partial charge on any atom is 0.224 e. The van der Waals surface area contributed by atoms with Gasteiger partial charge in [0.25, 0.3) is 0 Å². The maximum atomic E-state index is 12.1. The van der Waals surface area contributed by atoms with E-state index in [4.69, 9.17) is 4.42 Å². The van der Waals surface area contributed by atoms with Crippen LogP contribution in [0.3, 0.4) is 0 Å². The number of carbonyl (C=O) groups excluding carboxylic acids is 1. The van der Waals surface area contributed by atoms with Gasteiger partial charge in [0.15, 0.2) is 0 Å². The average molecular weight is 398 g/mol. The van der Waals surface area contributed by atoms with E-state index in [1.54, 1.807) is 19.0 Å². The van der Waals surface area contributed by atoms with Crippen molar-refractivity contribution in [1.29, 1.82) is 0 Å². The van der Waals surface area contributed by atoms with Crippen molar-refractivity contribution in [1.82, 2.24) is 10.2 Å². The van der Waals surface area contributed by atoms with Crippen LogP contribution in [0.2, 0.25) is 0 Å².